The van der Waals surface area contributed by atoms with E-state index in [0.29, 0.717) is 31.5 Å². The van der Waals surface area contributed by atoms with Crippen molar-refractivity contribution < 1.29 is 27.9 Å². The molecule has 1 saturated heterocycles. The lowest BCUT2D eigenvalue weighted by Crippen LogP contribution is -2.47. The molecule has 1 aliphatic rings. The van der Waals surface area contributed by atoms with E-state index in [4.69, 9.17) is 5.11 Å². The van der Waals surface area contributed by atoms with E-state index < -0.39 is 23.1 Å². The SMILES string of the molecule is CC(C)(C(=O)N1CCC(CC(=O)O)CC1)c1cccc(C(F)(F)F)c1. The molecule has 1 aromatic carbocycles. The van der Waals surface area contributed by atoms with Crippen molar-refractivity contribution in [2.24, 2.45) is 5.92 Å². The van der Waals surface area contributed by atoms with Crippen molar-refractivity contribution in [2.45, 2.75) is 44.7 Å². The van der Waals surface area contributed by atoms with Crippen LogP contribution in [-0.4, -0.2) is 35.0 Å². The summed E-state index contributed by atoms with van der Waals surface area (Å²) in [5, 5.41) is 8.84. The number of carbonyl (C=O) groups is 2. The number of rotatable bonds is 4. The quantitative estimate of drug-likeness (QED) is 0.894. The van der Waals surface area contributed by atoms with Crippen LogP contribution in [0.1, 0.15) is 44.2 Å². The Morgan fingerprint density at radius 1 is 1.16 bits per heavy atom. The third-order valence-corrected chi connectivity index (χ3v) is 4.81. The number of benzene rings is 1. The molecule has 0 aliphatic carbocycles. The van der Waals surface area contributed by atoms with E-state index in [-0.39, 0.29) is 18.2 Å². The maximum absolute atomic E-state index is 12.9. The van der Waals surface area contributed by atoms with Gasteiger partial charge in [0.15, 0.2) is 0 Å². The van der Waals surface area contributed by atoms with Gasteiger partial charge in [-0.1, -0.05) is 18.2 Å². The number of hydrogen-bond donors (Lipinski definition) is 1. The number of aliphatic carboxylic acids is 1. The van der Waals surface area contributed by atoms with Crippen LogP contribution in [0.2, 0.25) is 0 Å². The molecule has 25 heavy (non-hydrogen) atoms. The van der Waals surface area contributed by atoms with Crippen LogP contribution in [0.5, 0.6) is 0 Å². The van der Waals surface area contributed by atoms with Gasteiger partial charge in [0.05, 0.1) is 11.0 Å². The number of carbonyl (C=O) groups excluding carboxylic acids is 1. The Balaban J connectivity index is 2.12. The summed E-state index contributed by atoms with van der Waals surface area (Å²) < 4.78 is 38.7. The van der Waals surface area contributed by atoms with Crippen molar-refractivity contribution in [2.75, 3.05) is 13.1 Å². The summed E-state index contributed by atoms with van der Waals surface area (Å²) in [5.41, 5.74) is -1.54. The Morgan fingerprint density at radius 2 is 1.72 bits per heavy atom. The second-order valence-corrected chi connectivity index (χ2v) is 7.04. The first-order chi connectivity index (χ1) is 11.5. The molecule has 1 heterocycles. The summed E-state index contributed by atoms with van der Waals surface area (Å²) in [4.78, 5) is 25.2. The van der Waals surface area contributed by atoms with Gasteiger partial charge in [0.1, 0.15) is 0 Å². The van der Waals surface area contributed by atoms with Gasteiger partial charge in [-0.25, -0.2) is 0 Å². The molecule has 0 saturated carbocycles. The zero-order valence-electron chi connectivity index (χ0n) is 14.3. The molecular formula is C18H22F3NO3. The summed E-state index contributed by atoms with van der Waals surface area (Å²) >= 11 is 0. The van der Waals surface area contributed by atoms with Gasteiger partial charge in [0, 0.05) is 19.5 Å². The van der Waals surface area contributed by atoms with Crippen LogP contribution in [0, 0.1) is 5.92 Å². The minimum absolute atomic E-state index is 0.0400. The zero-order valence-corrected chi connectivity index (χ0v) is 14.3. The first-order valence-corrected chi connectivity index (χ1v) is 8.20. The number of piperidine rings is 1. The molecule has 1 aliphatic heterocycles. The van der Waals surface area contributed by atoms with Gasteiger partial charge < -0.3 is 10.0 Å². The molecule has 2 rings (SSSR count). The van der Waals surface area contributed by atoms with Crippen LogP contribution in [-0.2, 0) is 21.2 Å². The van der Waals surface area contributed by atoms with Crippen LogP contribution in [0.15, 0.2) is 24.3 Å². The number of nitrogens with zero attached hydrogens (tertiary/aromatic N) is 1. The summed E-state index contributed by atoms with van der Waals surface area (Å²) in [6.45, 7) is 4.10. The predicted molar refractivity (Wildman–Crippen MR) is 86.0 cm³/mol. The van der Waals surface area contributed by atoms with Crippen LogP contribution < -0.4 is 0 Å². The van der Waals surface area contributed by atoms with E-state index in [0.717, 1.165) is 12.1 Å². The number of amides is 1. The number of alkyl halides is 3. The molecule has 0 atom stereocenters. The number of carboxylic acids is 1. The van der Waals surface area contributed by atoms with Gasteiger partial charge >= 0.3 is 12.1 Å². The lowest BCUT2D eigenvalue weighted by Gasteiger charge is -2.37. The Hall–Kier alpha value is -2.05. The molecule has 0 bridgehead atoms. The minimum Gasteiger partial charge on any atom is -0.481 e. The molecule has 1 amide bonds. The van der Waals surface area contributed by atoms with Crippen LogP contribution >= 0.6 is 0 Å². The van der Waals surface area contributed by atoms with Gasteiger partial charge in [-0.05, 0) is 44.2 Å². The van der Waals surface area contributed by atoms with Gasteiger partial charge in [-0.3, -0.25) is 9.59 Å². The van der Waals surface area contributed by atoms with Gasteiger partial charge in [-0.2, -0.15) is 13.2 Å². The monoisotopic (exact) mass is 357 g/mol. The van der Waals surface area contributed by atoms with Crippen molar-refractivity contribution in [1.29, 1.82) is 0 Å². The minimum atomic E-state index is -4.45. The largest absolute Gasteiger partial charge is 0.481 e. The van der Waals surface area contributed by atoms with Crippen molar-refractivity contribution in [3.63, 3.8) is 0 Å². The molecule has 1 N–H and O–H groups in total. The Bertz CT molecular complexity index is 647. The average Bonchev–Trinajstić information content (AvgIpc) is 2.53. The number of hydrogen-bond acceptors (Lipinski definition) is 2. The second-order valence-electron chi connectivity index (χ2n) is 7.04. The summed E-state index contributed by atoms with van der Waals surface area (Å²) in [7, 11) is 0. The molecule has 0 radical (unpaired) electrons. The summed E-state index contributed by atoms with van der Waals surface area (Å²) in [6, 6.07) is 4.85. The highest BCUT2D eigenvalue weighted by atomic mass is 19.4. The molecule has 7 heteroatoms. The molecule has 4 nitrogen and oxygen atoms in total. The molecule has 1 aromatic rings. The number of carboxylic acid groups (broad SMARTS) is 1. The predicted octanol–water partition coefficient (Wildman–Crippen LogP) is 3.70. The van der Waals surface area contributed by atoms with Gasteiger partial charge in [0.2, 0.25) is 5.91 Å². The fourth-order valence-electron chi connectivity index (χ4n) is 3.19. The topological polar surface area (TPSA) is 57.6 Å². The van der Waals surface area contributed by atoms with Crippen molar-refractivity contribution >= 4 is 11.9 Å². The van der Waals surface area contributed by atoms with Crippen molar-refractivity contribution in [1.82, 2.24) is 4.90 Å². The zero-order chi connectivity index (χ0) is 18.8. The maximum atomic E-state index is 12.9. The molecular weight excluding hydrogens is 335 g/mol. The van der Waals surface area contributed by atoms with E-state index in [9.17, 15) is 22.8 Å². The second kappa shape index (κ2) is 7.06. The third kappa shape index (κ3) is 4.52. The van der Waals surface area contributed by atoms with E-state index in [2.05, 4.69) is 0 Å². The van der Waals surface area contributed by atoms with E-state index in [1.54, 1.807) is 18.7 Å². The average molecular weight is 357 g/mol. The lowest BCUT2D eigenvalue weighted by atomic mass is 9.81. The van der Waals surface area contributed by atoms with E-state index in [1.807, 2.05) is 0 Å². The fraction of sp³-hybridized carbons (Fsp3) is 0.556. The Labute approximate surface area is 144 Å². The van der Waals surface area contributed by atoms with E-state index >= 15 is 0 Å². The molecule has 0 spiro atoms. The summed E-state index contributed by atoms with van der Waals surface area (Å²) in [5.74, 6) is -1.05. The highest BCUT2D eigenvalue weighted by Crippen LogP contribution is 2.34. The van der Waals surface area contributed by atoms with Gasteiger partial charge in [-0.15, -0.1) is 0 Å². The maximum Gasteiger partial charge on any atom is 0.416 e. The Morgan fingerprint density at radius 3 is 2.24 bits per heavy atom. The highest BCUT2D eigenvalue weighted by molar-refractivity contribution is 5.87. The first kappa shape index (κ1) is 19.3. The van der Waals surface area contributed by atoms with Crippen LogP contribution in [0.3, 0.4) is 0 Å². The Kier molecular flexibility index (Phi) is 5.44. The number of halogens is 3. The molecule has 0 unspecified atom stereocenters. The first-order valence-electron chi connectivity index (χ1n) is 8.20. The smallest absolute Gasteiger partial charge is 0.416 e. The normalized spacial score (nSPS) is 16.8. The lowest BCUT2D eigenvalue weighted by molar-refractivity contribution is -0.141. The molecule has 138 valence electrons. The standard InChI is InChI=1S/C18H22F3NO3/c1-17(2,13-4-3-5-14(11-13)18(19,20)21)16(25)22-8-6-12(7-9-22)10-15(23)24/h3-5,11-12H,6-10H2,1-2H3,(H,23,24). The molecule has 1 fully saturated rings. The van der Waals surface area contributed by atoms with Crippen LogP contribution in [0.4, 0.5) is 13.2 Å². The number of likely N-dealkylation sites (tertiary alicyclic amines) is 1. The van der Waals surface area contributed by atoms with Crippen molar-refractivity contribution in [3.05, 3.63) is 35.4 Å². The van der Waals surface area contributed by atoms with E-state index in [1.165, 1.54) is 12.1 Å². The molecule has 0 aromatic heterocycles. The van der Waals surface area contributed by atoms with Crippen molar-refractivity contribution in [3.8, 4) is 0 Å². The highest BCUT2D eigenvalue weighted by Gasteiger charge is 2.38. The third-order valence-electron chi connectivity index (χ3n) is 4.81. The fourth-order valence-corrected chi connectivity index (χ4v) is 3.19. The van der Waals surface area contributed by atoms with Gasteiger partial charge in [0.25, 0.3) is 0 Å². The van der Waals surface area contributed by atoms with Crippen LogP contribution in [0.25, 0.3) is 0 Å². The summed E-state index contributed by atoms with van der Waals surface area (Å²) in [6.07, 6.45) is -3.18.